The number of aliphatic imine (C=N–C) groups is 1. The largest absolute Gasteiger partial charge is 0.479 e. The van der Waals surface area contributed by atoms with E-state index in [0.29, 0.717) is 23.7 Å². The maximum Gasteiger partial charge on any atom is 0.335 e. The molecule has 13 atom stereocenters. The van der Waals surface area contributed by atoms with Gasteiger partial charge in [-0.2, -0.15) is 0 Å². The molecule has 0 aliphatic carbocycles. The summed E-state index contributed by atoms with van der Waals surface area (Å²) in [5.74, 6) is -14.5. The molecule has 4 aliphatic heterocycles. The highest BCUT2D eigenvalue weighted by Crippen LogP contribution is 2.27. The highest BCUT2D eigenvalue weighted by Gasteiger charge is 2.48. The fourth-order valence-electron chi connectivity index (χ4n) is 10.4. The SMILES string of the molecule is CC(C)CCCCCCCCCC1CC(=O)N[C@H]([C@@H](C)O)C(=O)N2CCC[C@@H]2C(=O)N2CCC[C@@H]2C(=O)N[C@@H](CCCN=C(N)N)C(=O)N[C@H]([C@@H](O)C(=O)O)C(=O)N[C@@H](CO)C(=O)N2CC[C@H](O)[C@H]2C(=O)N[C@@H]([C@H](O)C(=O)O)C(=O)O1. The summed E-state index contributed by atoms with van der Waals surface area (Å²) in [5.41, 5.74) is 10.9. The number of nitrogens with one attached hydrogen (secondary N) is 5. The van der Waals surface area contributed by atoms with Gasteiger partial charge in [-0.25, -0.2) is 14.4 Å². The van der Waals surface area contributed by atoms with E-state index in [1.54, 1.807) is 0 Å². The number of carbonyl (C=O) groups is 11. The predicted molar refractivity (Wildman–Crippen MR) is 282 cm³/mol. The van der Waals surface area contributed by atoms with Crippen molar-refractivity contribution in [2.75, 3.05) is 32.8 Å². The number of carbonyl (C=O) groups excluding carboxylic acids is 9. The van der Waals surface area contributed by atoms with Gasteiger partial charge in [-0.3, -0.25) is 43.3 Å². The lowest BCUT2D eigenvalue weighted by atomic mass is 10.0. The van der Waals surface area contributed by atoms with Crippen LogP contribution in [-0.4, -0.2) is 233 Å². The van der Waals surface area contributed by atoms with E-state index >= 15 is 0 Å². The first kappa shape index (κ1) is 66.7. The van der Waals surface area contributed by atoms with Crippen LogP contribution in [0.3, 0.4) is 0 Å². The molecule has 0 saturated carbocycles. The molecule has 4 heterocycles. The minimum Gasteiger partial charge on any atom is -0.479 e. The maximum absolute atomic E-state index is 14.5. The number of nitrogens with two attached hydrogens (primary N) is 2. The number of hydrogen-bond donors (Lipinski definition) is 14. The topological polar surface area (TPSA) is 473 Å². The van der Waals surface area contributed by atoms with Gasteiger partial charge in [0.2, 0.25) is 47.3 Å². The van der Waals surface area contributed by atoms with Gasteiger partial charge >= 0.3 is 17.9 Å². The summed E-state index contributed by atoms with van der Waals surface area (Å²) in [7, 11) is 0. The molecule has 0 aromatic rings. The van der Waals surface area contributed by atoms with Crippen molar-refractivity contribution >= 4 is 71.1 Å². The zero-order valence-corrected chi connectivity index (χ0v) is 46.1. The summed E-state index contributed by atoms with van der Waals surface area (Å²) in [4.78, 5) is 158. The standard InChI is InChI=1S/C51H83N11O19/c1-26(2)14-9-7-5-4-6-8-10-15-28-24-34(66)57-35(27(3)64)47(75)61-22-13-18-32(61)46(74)60-21-12-17-31(60)42(70)55-29(16-11-20-54-51(52)53)41(69)58-36(39(67)48(76)77)43(71)56-30(25-63)45(73)62-23-19-33(65)38(62)44(72)59-37(50(80)81-28)40(68)49(78)79/h26-33,35-40,63-65,67-68H,4-25H2,1-3H3,(H,55,70)(H,56,71)(H,57,66)(H,58,69)(H,59,72)(H,76,77)(H,78,79)(H4,52,53,54)/t27-,28?,29+,30+,31-,32-,33+,35-,36-,37+,38+,39-,40+/m1/s1. The molecule has 4 saturated heterocycles. The summed E-state index contributed by atoms with van der Waals surface area (Å²) in [5, 5.41) is 84.8. The van der Waals surface area contributed by atoms with E-state index in [2.05, 4.69) is 34.8 Å². The Labute approximate surface area is 468 Å². The molecule has 16 N–H and O–H groups in total. The minimum atomic E-state index is -2.76. The Morgan fingerprint density at radius 1 is 0.617 bits per heavy atom. The van der Waals surface area contributed by atoms with Crippen LogP contribution in [0.5, 0.6) is 0 Å². The number of fused-ring (bicyclic) bond motifs is 3. The van der Waals surface area contributed by atoms with Crippen LogP contribution in [-0.2, 0) is 57.5 Å². The van der Waals surface area contributed by atoms with Crippen LogP contribution in [0.15, 0.2) is 4.99 Å². The van der Waals surface area contributed by atoms with Gasteiger partial charge in [0.1, 0.15) is 48.4 Å². The number of amides is 8. The van der Waals surface area contributed by atoms with Gasteiger partial charge in [-0.1, -0.05) is 58.8 Å². The molecule has 0 radical (unpaired) electrons. The lowest BCUT2D eigenvalue weighted by Crippen LogP contribution is -2.64. The fraction of sp³-hybridized carbons (Fsp3) is 0.765. The van der Waals surface area contributed by atoms with Crippen LogP contribution in [0.2, 0.25) is 0 Å². The van der Waals surface area contributed by atoms with E-state index < -0.39 is 164 Å². The molecule has 30 nitrogen and oxygen atoms in total. The summed E-state index contributed by atoms with van der Waals surface area (Å²) in [6.07, 6.45) is -4.32. The summed E-state index contributed by atoms with van der Waals surface area (Å²) >= 11 is 0. The molecule has 81 heavy (non-hydrogen) atoms. The number of unbranched alkanes of at least 4 members (excludes halogenated alkanes) is 6. The number of aliphatic hydroxyl groups excluding tert-OH is 5. The Morgan fingerprint density at radius 2 is 1.19 bits per heavy atom. The molecule has 1 unspecified atom stereocenters. The zero-order valence-electron chi connectivity index (χ0n) is 46.1. The van der Waals surface area contributed by atoms with Crippen molar-refractivity contribution in [3.8, 4) is 0 Å². The molecule has 0 spiro atoms. The summed E-state index contributed by atoms with van der Waals surface area (Å²) in [6.45, 7) is 3.59. The van der Waals surface area contributed by atoms with E-state index in [-0.39, 0.29) is 77.0 Å². The predicted octanol–water partition coefficient (Wildman–Crippen LogP) is -4.85. The second kappa shape index (κ2) is 32.0. The molecule has 30 heteroatoms. The van der Waals surface area contributed by atoms with Gasteiger partial charge in [0.15, 0.2) is 24.2 Å². The zero-order chi connectivity index (χ0) is 60.2. The molecule has 8 amide bonds. The van der Waals surface area contributed by atoms with E-state index in [1.807, 2.05) is 10.6 Å². The summed E-state index contributed by atoms with van der Waals surface area (Å²) < 4.78 is 5.66. The van der Waals surface area contributed by atoms with Gasteiger partial charge < -0.3 is 93.2 Å². The van der Waals surface area contributed by atoms with E-state index in [0.717, 1.165) is 43.4 Å². The van der Waals surface area contributed by atoms with Gasteiger partial charge in [-0.05, 0) is 70.6 Å². The number of ether oxygens (including phenoxy) is 1. The third-order valence-electron chi connectivity index (χ3n) is 14.8. The third kappa shape index (κ3) is 19.2. The molecule has 4 aliphatic rings. The average molecular weight is 1150 g/mol. The lowest BCUT2D eigenvalue weighted by molar-refractivity contribution is -0.165. The van der Waals surface area contributed by atoms with Crippen molar-refractivity contribution in [1.29, 1.82) is 0 Å². The van der Waals surface area contributed by atoms with Crippen LogP contribution in [0.1, 0.15) is 130 Å². The number of carboxylic acids is 2. The normalized spacial score (nSPS) is 28.2. The Morgan fingerprint density at radius 3 is 1.78 bits per heavy atom. The number of cyclic esters (lactones) is 1. The number of guanidine groups is 1. The van der Waals surface area contributed by atoms with Gasteiger partial charge in [-0.15, -0.1) is 0 Å². The number of aliphatic carboxylic acids is 2. The van der Waals surface area contributed by atoms with Crippen LogP contribution < -0.4 is 38.1 Å². The quantitative estimate of drug-likeness (QED) is 0.0235. The molecule has 0 aromatic carbocycles. The fourth-order valence-corrected chi connectivity index (χ4v) is 10.4. The number of esters is 1. The second-order valence-corrected chi connectivity index (χ2v) is 21.5. The van der Waals surface area contributed by atoms with Crippen LogP contribution in [0.25, 0.3) is 0 Å². The molecule has 0 bridgehead atoms. The second-order valence-electron chi connectivity index (χ2n) is 21.5. The first-order chi connectivity index (χ1) is 38.3. The molecular weight excluding hydrogens is 1070 g/mol. The molecular formula is C51H83N11O19. The Balaban J connectivity index is 1.77. The number of carboxylic acid groups (broad SMARTS) is 2. The minimum absolute atomic E-state index is 0.00867. The third-order valence-corrected chi connectivity index (χ3v) is 14.8. The van der Waals surface area contributed by atoms with Crippen molar-refractivity contribution in [2.45, 2.75) is 209 Å². The number of hydrogen-bond acceptors (Lipinski definition) is 18. The van der Waals surface area contributed by atoms with Gasteiger partial charge in [0.25, 0.3) is 0 Å². The van der Waals surface area contributed by atoms with Crippen molar-refractivity contribution in [2.24, 2.45) is 22.4 Å². The van der Waals surface area contributed by atoms with Gasteiger partial charge in [0, 0.05) is 26.2 Å². The van der Waals surface area contributed by atoms with Crippen LogP contribution >= 0.6 is 0 Å². The average Bonchev–Trinajstić information content (AvgIpc) is 4.22. The Bertz CT molecular complexity index is 2270. The molecule has 4 rings (SSSR count). The van der Waals surface area contributed by atoms with Crippen LogP contribution in [0.4, 0.5) is 0 Å². The Hall–Kier alpha value is -6.76. The van der Waals surface area contributed by atoms with Crippen molar-refractivity contribution in [3.63, 3.8) is 0 Å². The highest BCUT2D eigenvalue weighted by atomic mass is 16.5. The maximum atomic E-state index is 14.5. The van der Waals surface area contributed by atoms with Crippen molar-refractivity contribution in [3.05, 3.63) is 0 Å². The number of nitrogens with zero attached hydrogens (tertiary/aromatic N) is 4. The van der Waals surface area contributed by atoms with Crippen LogP contribution in [0, 0.1) is 5.92 Å². The van der Waals surface area contributed by atoms with Crippen molar-refractivity contribution < 1.29 is 93.2 Å². The van der Waals surface area contributed by atoms with Gasteiger partial charge in [0.05, 0.1) is 25.2 Å². The number of aliphatic hydroxyl groups is 5. The van der Waals surface area contributed by atoms with Crippen molar-refractivity contribution in [1.82, 2.24) is 41.3 Å². The van der Waals surface area contributed by atoms with E-state index in [9.17, 15) is 88.5 Å². The monoisotopic (exact) mass is 1150 g/mol. The highest BCUT2D eigenvalue weighted by molar-refractivity contribution is 6.00. The number of rotatable bonds is 20. The summed E-state index contributed by atoms with van der Waals surface area (Å²) in [6, 6.07) is -14.9. The smallest absolute Gasteiger partial charge is 0.335 e. The molecule has 4 fully saturated rings. The molecule has 0 aromatic heterocycles. The Kier molecular flexibility index (Phi) is 26.4. The lowest BCUT2D eigenvalue weighted by Gasteiger charge is -2.34. The first-order valence-corrected chi connectivity index (χ1v) is 27.8. The van der Waals surface area contributed by atoms with E-state index in [4.69, 9.17) is 16.2 Å². The molecule has 456 valence electrons. The van der Waals surface area contributed by atoms with E-state index in [1.165, 1.54) is 11.8 Å². The first-order valence-electron chi connectivity index (χ1n) is 27.8.